The van der Waals surface area contributed by atoms with Crippen LogP contribution in [0.3, 0.4) is 0 Å². The summed E-state index contributed by atoms with van der Waals surface area (Å²) in [4.78, 5) is 24.6. The lowest BCUT2D eigenvalue weighted by atomic mass is 10.2. The molecule has 1 N–H and O–H groups in total. The van der Waals surface area contributed by atoms with E-state index >= 15 is 0 Å². The number of hydrogen-bond donors (Lipinski definition) is 1. The number of fused-ring (bicyclic) bond motifs is 1. The molecule has 0 unspecified atom stereocenters. The summed E-state index contributed by atoms with van der Waals surface area (Å²) < 4.78 is 7.74. The zero-order chi connectivity index (χ0) is 20.1. The van der Waals surface area contributed by atoms with Gasteiger partial charge in [0.1, 0.15) is 13.0 Å². The van der Waals surface area contributed by atoms with Gasteiger partial charge < -0.3 is 9.53 Å². The molecule has 2 heterocycles. The van der Waals surface area contributed by atoms with E-state index in [1.807, 2.05) is 35.8 Å². The van der Waals surface area contributed by atoms with Gasteiger partial charge in [0.05, 0.1) is 17.4 Å². The second kappa shape index (κ2) is 8.62. The van der Waals surface area contributed by atoms with Gasteiger partial charge in [0.2, 0.25) is 11.9 Å². The molecule has 7 nitrogen and oxygen atoms in total. The lowest BCUT2D eigenvalue weighted by Crippen LogP contribution is -2.22. The first-order valence-corrected chi connectivity index (χ1v) is 13.1. The van der Waals surface area contributed by atoms with Crippen molar-refractivity contribution in [3.05, 3.63) is 41.9 Å². The molecule has 0 aliphatic carbocycles. The van der Waals surface area contributed by atoms with Crippen LogP contribution in [0, 0.1) is 6.92 Å². The quantitative estimate of drug-likeness (QED) is 0.335. The number of para-hydroxylation sites is 1. The Labute approximate surface area is 166 Å². The van der Waals surface area contributed by atoms with Crippen LogP contribution in [-0.2, 0) is 22.7 Å². The van der Waals surface area contributed by atoms with E-state index < -0.39 is 8.07 Å². The Kier molecular flexibility index (Phi) is 6.20. The zero-order valence-electron chi connectivity index (χ0n) is 16.9. The SMILES string of the molecule is Cc1nc(Nc2ncc(CC=O)n2COCC[Si](C)(C)C)nc2ccccc12. The minimum absolute atomic E-state index is 0.281. The zero-order valence-corrected chi connectivity index (χ0v) is 17.9. The van der Waals surface area contributed by atoms with Crippen LogP contribution >= 0.6 is 0 Å². The lowest BCUT2D eigenvalue weighted by molar-refractivity contribution is -0.107. The number of nitrogens with zero attached hydrogens (tertiary/aromatic N) is 4. The molecule has 0 saturated carbocycles. The molecule has 2 aromatic heterocycles. The molecule has 0 saturated heterocycles. The van der Waals surface area contributed by atoms with E-state index in [9.17, 15) is 4.79 Å². The van der Waals surface area contributed by atoms with Gasteiger partial charge in [-0.15, -0.1) is 0 Å². The largest absolute Gasteiger partial charge is 0.361 e. The van der Waals surface area contributed by atoms with Crippen molar-refractivity contribution in [3.8, 4) is 0 Å². The van der Waals surface area contributed by atoms with Gasteiger partial charge in [-0.3, -0.25) is 9.88 Å². The number of imidazole rings is 1. The van der Waals surface area contributed by atoms with Crippen molar-refractivity contribution in [1.29, 1.82) is 0 Å². The summed E-state index contributed by atoms with van der Waals surface area (Å²) in [5.41, 5.74) is 2.56. The number of aryl methyl sites for hydroxylation is 1. The molecule has 1 aromatic carbocycles. The highest BCUT2D eigenvalue weighted by Gasteiger charge is 2.15. The molecule has 3 aromatic rings. The van der Waals surface area contributed by atoms with Crippen molar-refractivity contribution >= 4 is 37.2 Å². The van der Waals surface area contributed by atoms with Crippen LogP contribution < -0.4 is 5.32 Å². The summed E-state index contributed by atoms with van der Waals surface area (Å²) in [5.74, 6) is 1.04. The molecule has 0 aliphatic heterocycles. The Morgan fingerprint density at radius 3 is 2.75 bits per heavy atom. The average Bonchev–Trinajstić information content (AvgIpc) is 3.00. The third kappa shape index (κ3) is 5.02. The van der Waals surface area contributed by atoms with Crippen LogP contribution in [0.2, 0.25) is 25.7 Å². The number of carbonyl (C=O) groups is 1. The molecule has 0 spiro atoms. The summed E-state index contributed by atoms with van der Waals surface area (Å²) in [7, 11) is -1.16. The van der Waals surface area contributed by atoms with Crippen LogP contribution in [0.1, 0.15) is 11.4 Å². The minimum atomic E-state index is -1.16. The average molecular weight is 398 g/mol. The van der Waals surface area contributed by atoms with E-state index in [-0.39, 0.29) is 6.42 Å². The van der Waals surface area contributed by atoms with Gasteiger partial charge in [-0.05, 0) is 19.0 Å². The number of carbonyl (C=O) groups excluding carboxylic acids is 1. The number of ether oxygens (including phenoxy) is 1. The van der Waals surface area contributed by atoms with E-state index in [1.54, 1.807) is 6.20 Å². The standard InChI is InChI=1S/C20H27N5O2Si/c1-15-17-7-5-6-8-18(17)23-19(22-15)24-20-21-13-16(9-10-26)25(20)14-27-11-12-28(2,3)4/h5-8,10,13H,9,11-12,14H2,1-4H3,(H,21,22,23,24). The number of aldehydes is 1. The second-order valence-electron chi connectivity index (χ2n) is 7.99. The Hall–Kier alpha value is -2.58. The van der Waals surface area contributed by atoms with Crippen LogP contribution in [-0.4, -0.2) is 40.5 Å². The number of benzene rings is 1. The highest BCUT2D eigenvalue weighted by Crippen LogP contribution is 2.20. The van der Waals surface area contributed by atoms with Gasteiger partial charge in [0, 0.05) is 32.2 Å². The Morgan fingerprint density at radius 1 is 1.21 bits per heavy atom. The normalized spacial score (nSPS) is 11.7. The number of rotatable bonds is 9. The number of anilines is 2. The van der Waals surface area contributed by atoms with Crippen molar-refractivity contribution in [2.24, 2.45) is 0 Å². The summed E-state index contributed by atoms with van der Waals surface area (Å²) >= 11 is 0. The third-order valence-electron chi connectivity index (χ3n) is 4.46. The smallest absolute Gasteiger partial charge is 0.230 e. The predicted molar refractivity (Wildman–Crippen MR) is 114 cm³/mol. The van der Waals surface area contributed by atoms with Gasteiger partial charge in [-0.2, -0.15) is 0 Å². The van der Waals surface area contributed by atoms with Crippen LogP contribution in [0.4, 0.5) is 11.9 Å². The van der Waals surface area contributed by atoms with Crippen molar-refractivity contribution in [2.45, 2.75) is 45.8 Å². The second-order valence-corrected chi connectivity index (χ2v) is 13.6. The molecular formula is C20H27N5O2Si. The number of hydrogen-bond acceptors (Lipinski definition) is 6. The fraction of sp³-hybridized carbons (Fsp3) is 0.400. The maximum absolute atomic E-state index is 11.0. The van der Waals surface area contributed by atoms with Crippen molar-refractivity contribution in [1.82, 2.24) is 19.5 Å². The Morgan fingerprint density at radius 2 is 2.00 bits per heavy atom. The Balaban J connectivity index is 1.80. The van der Waals surface area contributed by atoms with Gasteiger partial charge in [-0.25, -0.2) is 15.0 Å². The fourth-order valence-electron chi connectivity index (χ4n) is 2.83. The van der Waals surface area contributed by atoms with Gasteiger partial charge in [0.15, 0.2) is 0 Å². The maximum Gasteiger partial charge on any atom is 0.230 e. The highest BCUT2D eigenvalue weighted by molar-refractivity contribution is 6.76. The molecule has 0 aliphatic rings. The first kappa shape index (κ1) is 20.2. The summed E-state index contributed by atoms with van der Waals surface area (Å²) in [6.07, 6.45) is 2.84. The summed E-state index contributed by atoms with van der Waals surface area (Å²) in [6.45, 7) is 9.94. The summed E-state index contributed by atoms with van der Waals surface area (Å²) in [6, 6.07) is 8.97. The molecule has 0 fully saturated rings. The molecule has 28 heavy (non-hydrogen) atoms. The van der Waals surface area contributed by atoms with Crippen LogP contribution in [0.5, 0.6) is 0 Å². The molecule has 8 heteroatoms. The molecule has 3 rings (SSSR count). The summed E-state index contributed by atoms with van der Waals surface area (Å²) in [5, 5.41) is 4.20. The minimum Gasteiger partial charge on any atom is -0.361 e. The monoisotopic (exact) mass is 397 g/mol. The number of nitrogens with one attached hydrogen (secondary N) is 1. The Bertz CT molecular complexity index is 965. The molecule has 0 amide bonds. The van der Waals surface area contributed by atoms with Crippen LogP contribution in [0.25, 0.3) is 10.9 Å². The molecule has 0 bridgehead atoms. The van der Waals surface area contributed by atoms with Crippen LogP contribution in [0.15, 0.2) is 30.5 Å². The first-order valence-electron chi connectivity index (χ1n) is 9.43. The van der Waals surface area contributed by atoms with E-state index in [0.29, 0.717) is 25.2 Å². The van der Waals surface area contributed by atoms with Crippen molar-refractivity contribution in [2.75, 3.05) is 11.9 Å². The predicted octanol–water partition coefficient (Wildman–Crippen LogP) is 3.93. The van der Waals surface area contributed by atoms with Gasteiger partial charge >= 0.3 is 0 Å². The van der Waals surface area contributed by atoms with Crippen molar-refractivity contribution in [3.63, 3.8) is 0 Å². The first-order chi connectivity index (χ1) is 13.4. The van der Waals surface area contributed by atoms with Gasteiger partial charge in [0.25, 0.3) is 0 Å². The molecule has 0 radical (unpaired) electrons. The highest BCUT2D eigenvalue weighted by atomic mass is 28.3. The van der Waals surface area contributed by atoms with Gasteiger partial charge in [-0.1, -0.05) is 37.8 Å². The molecule has 148 valence electrons. The van der Waals surface area contributed by atoms with E-state index in [4.69, 9.17) is 4.74 Å². The molecular weight excluding hydrogens is 370 g/mol. The topological polar surface area (TPSA) is 81.9 Å². The maximum atomic E-state index is 11.0. The fourth-order valence-corrected chi connectivity index (χ4v) is 3.59. The lowest BCUT2D eigenvalue weighted by Gasteiger charge is -2.17. The van der Waals surface area contributed by atoms with E-state index in [0.717, 1.165) is 34.6 Å². The molecule has 0 atom stereocenters. The van der Waals surface area contributed by atoms with E-state index in [1.165, 1.54) is 0 Å². The number of aromatic nitrogens is 4. The van der Waals surface area contributed by atoms with Crippen molar-refractivity contribution < 1.29 is 9.53 Å². The van der Waals surface area contributed by atoms with E-state index in [2.05, 4.69) is 39.9 Å². The third-order valence-corrected chi connectivity index (χ3v) is 6.17.